The highest BCUT2D eigenvalue weighted by atomic mass is 32.2. The predicted molar refractivity (Wildman–Crippen MR) is 74.6 cm³/mol. The van der Waals surface area contributed by atoms with Crippen LogP contribution in [0.25, 0.3) is 0 Å². The van der Waals surface area contributed by atoms with Gasteiger partial charge in [-0.25, -0.2) is 4.39 Å². The highest BCUT2D eigenvalue weighted by molar-refractivity contribution is 7.99. The van der Waals surface area contributed by atoms with E-state index < -0.39 is 0 Å². The van der Waals surface area contributed by atoms with Crippen molar-refractivity contribution in [3.05, 3.63) is 59.9 Å². The van der Waals surface area contributed by atoms with E-state index in [1.54, 1.807) is 30.8 Å². The molecule has 0 aromatic heterocycles. The topological polar surface area (TPSA) is 43.1 Å². The summed E-state index contributed by atoms with van der Waals surface area (Å²) in [6, 6.07) is 14.0. The lowest BCUT2D eigenvalue weighted by molar-refractivity contribution is -0.119. The lowest BCUT2D eigenvalue weighted by Crippen LogP contribution is -2.18. The van der Waals surface area contributed by atoms with Crippen molar-refractivity contribution in [3.8, 4) is 0 Å². The van der Waals surface area contributed by atoms with Gasteiger partial charge in [0.2, 0.25) is 5.91 Å². The molecule has 0 radical (unpaired) electrons. The van der Waals surface area contributed by atoms with Crippen molar-refractivity contribution in [2.75, 3.05) is 0 Å². The zero-order valence-corrected chi connectivity index (χ0v) is 11.3. The molecule has 0 heterocycles. The second kappa shape index (κ2) is 5.89. The molecule has 1 amide bonds. The highest BCUT2D eigenvalue weighted by Gasteiger charge is 2.11. The maximum Gasteiger partial charge on any atom is 0.224 e. The Balaban J connectivity index is 2.10. The molecule has 2 rings (SSSR count). The number of carbonyl (C=O) groups is 1. The molecular weight excluding hydrogens is 261 g/mol. The molecule has 1 unspecified atom stereocenters. The van der Waals surface area contributed by atoms with Crippen molar-refractivity contribution in [2.24, 2.45) is 5.73 Å². The Morgan fingerprint density at radius 2 is 1.53 bits per heavy atom. The highest BCUT2D eigenvalue weighted by Crippen LogP contribution is 2.28. The van der Waals surface area contributed by atoms with E-state index in [1.165, 1.54) is 12.1 Å². The van der Waals surface area contributed by atoms with E-state index in [0.717, 1.165) is 15.4 Å². The third kappa shape index (κ3) is 3.58. The van der Waals surface area contributed by atoms with Crippen LogP contribution in [0.5, 0.6) is 0 Å². The molecule has 98 valence electrons. The Morgan fingerprint density at radius 3 is 2.00 bits per heavy atom. The molecule has 1 atom stereocenters. The van der Waals surface area contributed by atoms with Gasteiger partial charge < -0.3 is 5.73 Å². The average Bonchev–Trinajstić information content (AvgIpc) is 2.41. The summed E-state index contributed by atoms with van der Waals surface area (Å²) in [5, 5.41) is 0. The van der Waals surface area contributed by atoms with E-state index in [-0.39, 0.29) is 17.6 Å². The third-order valence-electron chi connectivity index (χ3n) is 2.86. The summed E-state index contributed by atoms with van der Waals surface area (Å²) in [6.07, 6.45) is 0. The number of hydrogen-bond donors (Lipinski definition) is 1. The first kappa shape index (κ1) is 13.6. The van der Waals surface area contributed by atoms with Crippen LogP contribution < -0.4 is 5.73 Å². The molecule has 0 aliphatic rings. The monoisotopic (exact) mass is 275 g/mol. The van der Waals surface area contributed by atoms with Gasteiger partial charge in [-0.3, -0.25) is 4.79 Å². The number of carbonyl (C=O) groups excluding carboxylic acids is 1. The number of hydrogen-bond acceptors (Lipinski definition) is 2. The first-order valence-corrected chi connectivity index (χ1v) is 6.70. The number of halogens is 1. The van der Waals surface area contributed by atoms with E-state index in [9.17, 15) is 9.18 Å². The standard InChI is InChI=1S/C15H14FNOS/c1-10(15(17)18)11-2-6-13(7-3-11)19-14-8-4-12(16)5-9-14/h2-10H,1H3,(H2,17,18). The maximum atomic E-state index is 12.8. The van der Waals surface area contributed by atoms with Gasteiger partial charge in [-0.2, -0.15) is 0 Å². The lowest BCUT2D eigenvalue weighted by atomic mass is 10.0. The van der Waals surface area contributed by atoms with E-state index >= 15 is 0 Å². The number of rotatable bonds is 4. The van der Waals surface area contributed by atoms with Gasteiger partial charge in [-0.05, 0) is 48.9 Å². The van der Waals surface area contributed by atoms with E-state index in [2.05, 4.69) is 0 Å². The van der Waals surface area contributed by atoms with Crippen molar-refractivity contribution in [1.29, 1.82) is 0 Å². The first-order chi connectivity index (χ1) is 9.06. The fourth-order valence-corrected chi connectivity index (χ4v) is 2.44. The molecule has 0 aliphatic heterocycles. The van der Waals surface area contributed by atoms with Crippen LogP contribution >= 0.6 is 11.8 Å². The van der Waals surface area contributed by atoms with Gasteiger partial charge in [0.05, 0.1) is 5.92 Å². The van der Waals surface area contributed by atoms with Crippen molar-refractivity contribution in [1.82, 2.24) is 0 Å². The van der Waals surface area contributed by atoms with Gasteiger partial charge in [-0.1, -0.05) is 23.9 Å². The summed E-state index contributed by atoms with van der Waals surface area (Å²) in [4.78, 5) is 13.1. The van der Waals surface area contributed by atoms with E-state index in [4.69, 9.17) is 5.73 Å². The molecule has 0 bridgehead atoms. The molecule has 0 saturated carbocycles. The van der Waals surface area contributed by atoms with Gasteiger partial charge in [0.1, 0.15) is 5.82 Å². The molecule has 2 nitrogen and oxygen atoms in total. The average molecular weight is 275 g/mol. The number of nitrogens with two attached hydrogens (primary N) is 1. The molecule has 2 aromatic rings. The Hall–Kier alpha value is -1.81. The molecule has 0 spiro atoms. The molecule has 2 N–H and O–H groups in total. The fourth-order valence-electron chi connectivity index (χ4n) is 1.63. The van der Waals surface area contributed by atoms with Gasteiger partial charge in [0.15, 0.2) is 0 Å². The summed E-state index contributed by atoms with van der Waals surface area (Å²) in [5.41, 5.74) is 6.16. The van der Waals surface area contributed by atoms with Crippen LogP contribution in [0.3, 0.4) is 0 Å². The molecule has 4 heteroatoms. The van der Waals surface area contributed by atoms with Gasteiger partial charge in [0.25, 0.3) is 0 Å². The van der Waals surface area contributed by atoms with Crippen molar-refractivity contribution < 1.29 is 9.18 Å². The summed E-state index contributed by atoms with van der Waals surface area (Å²) in [5.74, 6) is -0.862. The quantitative estimate of drug-likeness (QED) is 0.927. The van der Waals surface area contributed by atoms with Crippen LogP contribution in [-0.4, -0.2) is 5.91 Å². The minimum absolute atomic E-state index is 0.241. The van der Waals surface area contributed by atoms with Crippen LogP contribution in [0, 0.1) is 5.82 Å². The second-order valence-corrected chi connectivity index (χ2v) is 5.40. The Morgan fingerprint density at radius 1 is 1.05 bits per heavy atom. The number of primary amides is 1. The van der Waals surface area contributed by atoms with Gasteiger partial charge in [0, 0.05) is 9.79 Å². The molecular formula is C15H14FNOS. The zero-order chi connectivity index (χ0) is 13.8. The van der Waals surface area contributed by atoms with Crippen molar-refractivity contribution in [3.63, 3.8) is 0 Å². The largest absolute Gasteiger partial charge is 0.369 e. The minimum Gasteiger partial charge on any atom is -0.369 e. The Kier molecular flexibility index (Phi) is 4.22. The van der Waals surface area contributed by atoms with Crippen molar-refractivity contribution in [2.45, 2.75) is 22.6 Å². The minimum atomic E-state index is -0.334. The zero-order valence-electron chi connectivity index (χ0n) is 10.5. The fraction of sp³-hybridized carbons (Fsp3) is 0.133. The lowest BCUT2D eigenvalue weighted by Gasteiger charge is -2.08. The maximum absolute atomic E-state index is 12.8. The summed E-state index contributed by atoms with van der Waals surface area (Å²) in [7, 11) is 0. The molecule has 0 aliphatic carbocycles. The van der Waals surface area contributed by atoms with Crippen LogP contribution in [0.4, 0.5) is 4.39 Å². The van der Waals surface area contributed by atoms with Gasteiger partial charge >= 0.3 is 0 Å². The summed E-state index contributed by atoms with van der Waals surface area (Å²) >= 11 is 1.54. The van der Waals surface area contributed by atoms with E-state index in [0.29, 0.717) is 0 Å². The van der Waals surface area contributed by atoms with Crippen LogP contribution in [0.15, 0.2) is 58.3 Å². The first-order valence-electron chi connectivity index (χ1n) is 5.89. The van der Waals surface area contributed by atoms with Crippen LogP contribution in [-0.2, 0) is 4.79 Å². The van der Waals surface area contributed by atoms with Crippen molar-refractivity contribution >= 4 is 17.7 Å². The smallest absolute Gasteiger partial charge is 0.224 e. The SMILES string of the molecule is CC(C(N)=O)c1ccc(Sc2ccc(F)cc2)cc1. The number of benzene rings is 2. The Labute approximate surface area is 115 Å². The summed E-state index contributed by atoms with van der Waals surface area (Å²) in [6.45, 7) is 1.78. The Bertz CT molecular complexity index is 566. The van der Waals surface area contributed by atoms with Crippen LogP contribution in [0.2, 0.25) is 0 Å². The van der Waals surface area contributed by atoms with Gasteiger partial charge in [-0.15, -0.1) is 0 Å². The third-order valence-corrected chi connectivity index (χ3v) is 3.87. The molecule has 2 aromatic carbocycles. The summed E-state index contributed by atoms with van der Waals surface area (Å²) < 4.78 is 12.8. The van der Waals surface area contributed by atoms with E-state index in [1.807, 2.05) is 24.3 Å². The predicted octanol–water partition coefficient (Wildman–Crippen LogP) is 3.57. The molecule has 19 heavy (non-hydrogen) atoms. The molecule has 0 saturated heterocycles. The van der Waals surface area contributed by atoms with Crippen LogP contribution in [0.1, 0.15) is 18.4 Å². The normalized spacial score (nSPS) is 12.1. The second-order valence-electron chi connectivity index (χ2n) is 4.25. The number of amides is 1. The molecule has 0 fully saturated rings.